The molecule has 0 radical (unpaired) electrons. The van der Waals surface area contributed by atoms with Gasteiger partial charge in [0.1, 0.15) is 0 Å². The molecule has 1 aliphatic heterocycles. The summed E-state index contributed by atoms with van der Waals surface area (Å²) in [5.41, 5.74) is 2.49. The molecule has 0 amide bonds. The number of hydrogen-bond donors (Lipinski definition) is 1. The Morgan fingerprint density at radius 3 is 2.68 bits per heavy atom. The smallest absolute Gasteiger partial charge is 0.225 e. The van der Waals surface area contributed by atoms with Crippen LogP contribution in [-0.2, 0) is 0 Å². The maximum absolute atomic E-state index is 4.38. The van der Waals surface area contributed by atoms with E-state index in [4.69, 9.17) is 0 Å². The SMILES string of the molecule is CCCC(c1ccc2[nH]ncc2c1)N1CCN(c2ncccn2)CC1. The van der Waals surface area contributed by atoms with Crippen LogP contribution in [-0.4, -0.2) is 51.2 Å². The second-order valence-electron chi connectivity index (χ2n) is 6.59. The minimum absolute atomic E-state index is 0.461. The Hall–Kier alpha value is -2.47. The predicted molar refractivity (Wildman–Crippen MR) is 99.6 cm³/mol. The zero-order chi connectivity index (χ0) is 17.1. The average Bonchev–Trinajstić information content (AvgIpc) is 3.15. The third-order valence-electron chi connectivity index (χ3n) is 5.00. The molecule has 0 saturated carbocycles. The molecule has 1 unspecified atom stereocenters. The minimum Gasteiger partial charge on any atom is -0.338 e. The lowest BCUT2D eigenvalue weighted by atomic mass is 9.98. The first-order valence-corrected chi connectivity index (χ1v) is 9.04. The lowest BCUT2D eigenvalue weighted by Crippen LogP contribution is -2.48. The van der Waals surface area contributed by atoms with Gasteiger partial charge >= 0.3 is 0 Å². The third-order valence-corrected chi connectivity index (χ3v) is 5.00. The maximum atomic E-state index is 4.38. The molecule has 4 rings (SSSR count). The number of aromatic nitrogens is 4. The first-order chi connectivity index (χ1) is 12.3. The van der Waals surface area contributed by atoms with Crippen LogP contribution < -0.4 is 4.90 Å². The molecule has 0 aliphatic carbocycles. The minimum atomic E-state index is 0.461. The average molecular weight is 336 g/mol. The van der Waals surface area contributed by atoms with Crippen LogP contribution in [0.25, 0.3) is 10.9 Å². The van der Waals surface area contributed by atoms with E-state index in [2.05, 4.69) is 55.1 Å². The number of nitrogens with one attached hydrogen (secondary N) is 1. The van der Waals surface area contributed by atoms with E-state index in [0.29, 0.717) is 6.04 Å². The molecule has 1 N–H and O–H groups in total. The standard InChI is InChI=1S/C19H24N6/c1-2-4-18(15-5-6-17-16(13-15)14-22-23-17)24-9-11-25(12-10-24)19-20-7-3-8-21-19/h3,5-8,13-14,18H,2,4,9-12H2,1H3,(H,22,23). The van der Waals surface area contributed by atoms with Crippen molar-refractivity contribution in [3.8, 4) is 0 Å². The van der Waals surface area contributed by atoms with Crippen LogP contribution in [0, 0.1) is 0 Å². The molecule has 0 spiro atoms. The summed E-state index contributed by atoms with van der Waals surface area (Å²) >= 11 is 0. The van der Waals surface area contributed by atoms with Gasteiger partial charge in [-0.15, -0.1) is 0 Å². The van der Waals surface area contributed by atoms with Crippen molar-refractivity contribution in [1.82, 2.24) is 25.1 Å². The molecule has 0 bridgehead atoms. The van der Waals surface area contributed by atoms with E-state index >= 15 is 0 Å². The molecule has 1 aliphatic rings. The summed E-state index contributed by atoms with van der Waals surface area (Å²) < 4.78 is 0. The molecular formula is C19H24N6. The van der Waals surface area contributed by atoms with Crippen molar-refractivity contribution in [3.63, 3.8) is 0 Å². The van der Waals surface area contributed by atoms with E-state index in [0.717, 1.165) is 37.6 Å². The molecule has 2 aromatic heterocycles. The molecule has 1 atom stereocenters. The highest BCUT2D eigenvalue weighted by atomic mass is 15.3. The highest BCUT2D eigenvalue weighted by molar-refractivity contribution is 5.78. The first kappa shape index (κ1) is 16.0. The van der Waals surface area contributed by atoms with Crippen molar-refractivity contribution in [2.75, 3.05) is 31.1 Å². The number of aromatic amines is 1. The lowest BCUT2D eigenvalue weighted by molar-refractivity contribution is 0.175. The van der Waals surface area contributed by atoms with Crippen LogP contribution in [0.5, 0.6) is 0 Å². The molecule has 1 saturated heterocycles. The fourth-order valence-electron chi connectivity index (χ4n) is 3.69. The van der Waals surface area contributed by atoms with Gasteiger partial charge in [0, 0.05) is 50.0 Å². The normalized spacial score (nSPS) is 17.1. The summed E-state index contributed by atoms with van der Waals surface area (Å²) in [7, 11) is 0. The maximum Gasteiger partial charge on any atom is 0.225 e. The Labute approximate surface area is 147 Å². The topological polar surface area (TPSA) is 60.9 Å². The molecule has 1 fully saturated rings. The number of nitrogens with zero attached hydrogens (tertiary/aromatic N) is 5. The summed E-state index contributed by atoms with van der Waals surface area (Å²) in [5.74, 6) is 0.842. The Balaban J connectivity index is 1.50. The molecule has 6 heteroatoms. The van der Waals surface area contributed by atoms with Crippen LogP contribution in [0.2, 0.25) is 0 Å². The van der Waals surface area contributed by atoms with Crippen LogP contribution in [0.15, 0.2) is 42.9 Å². The zero-order valence-electron chi connectivity index (χ0n) is 14.6. The quantitative estimate of drug-likeness (QED) is 0.776. The van der Waals surface area contributed by atoms with Gasteiger partial charge in [0.25, 0.3) is 0 Å². The second kappa shape index (κ2) is 7.19. The van der Waals surface area contributed by atoms with Crippen molar-refractivity contribution in [3.05, 3.63) is 48.4 Å². The highest BCUT2D eigenvalue weighted by Crippen LogP contribution is 2.29. The van der Waals surface area contributed by atoms with Gasteiger partial charge in [0.2, 0.25) is 5.95 Å². The van der Waals surface area contributed by atoms with Crippen molar-refractivity contribution in [2.45, 2.75) is 25.8 Å². The summed E-state index contributed by atoms with van der Waals surface area (Å²) in [4.78, 5) is 13.6. The van der Waals surface area contributed by atoms with Crippen LogP contribution in [0.4, 0.5) is 5.95 Å². The fourth-order valence-corrected chi connectivity index (χ4v) is 3.69. The Bertz CT molecular complexity index is 807. The molecule has 3 aromatic rings. The van der Waals surface area contributed by atoms with Gasteiger partial charge in [0.15, 0.2) is 0 Å². The highest BCUT2D eigenvalue weighted by Gasteiger charge is 2.25. The number of H-pyrrole nitrogens is 1. The van der Waals surface area contributed by atoms with Crippen LogP contribution >= 0.6 is 0 Å². The van der Waals surface area contributed by atoms with Gasteiger partial charge in [-0.25, -0.2) is 9.97 Å². The molecule has 1 aromatic carbocycles. The van der Waals surface area contributed by atoms with Crippen molar-refractivity contribution in [2.24, 2.45) is 0 Å². The number of piperazine rings is 1. The third kappa shape index (κ3) is 3.35. The summed E-state index contributed by atoms with van der Waals surface area (Å²) in [5, 5.41) is 8.37. The first-order valence-electron chi connectivity index (χ1n) is 9.04. The van der Waals surface area contributed by atoms with Gasteiger partial charge in [-0.05, 0) is 30.2 Å². The van der Waals surface area contributed by atoms with E-state index in [1.165, 1.54) is 23.8 Å². The molecule has 6 nitrogen and oxygen atoms in total. The van der Waals surface area contributed by atoms with E-state index < -0.39 is 0 Å². The zero-order valence-corrected chi connectivity index (χ0v) is 14.6. The Kier molecular flexibility index (Phi) is 4.61. The van der Waals surface area contributed by atoms with Gasteiger partial charge in [-0.1, -0.05) is 19.4 Å². The molecular weight excluding hydrogens is 312 g/mol. The molecule has 130 valence electrons. The lowest BCUT2D eigenvalue weighted by Gasteiger charge is -2.39. The van der Waals surface area contributed by atoms with Crippen LogP contribution in [0.1, 0.15) is 31.4 Å². The number of hydrogen-bond acceptors (Lipinski definition) is 5. The van der Waals surface area contributed by atoms with Crippen molar-refractivity contribution >= 4 is 16.9 Å². The fraction of sp³-hybridized carbons (Fsp3) is 0.421. The number of benzene rings is 1. The summed E-state index contributed by atoms with van der Waals surface area (Å²) in [6.07, 6.45) is 7.89. The molecule has 25 heavy (non-hydrogen) atoms. The molecule has 3 heterocycles. The van der Waals surface area contributed by atoms with Gasteiger partial charge in [0.05, 0.1) is 11.7 Å². The summed E-state index contributed by atoms with van der Waals surface area (Å²) in [6, 6.07) is 9.00. The largest absolute Gasteiger partial charge is 0.338 e. The van der Waals surface area contributed by atoms with E-state index in [9.17, 15) is 0 Å². The Morgan fingerprint density at radius 1 is 1.12 bits per heavy atom. The monoisotopic (exact) mass is 336 g/mol. The predicted octanol–water partition coefficient (Wildman–Crippen LogP) is 3.02. The van der Waals surface area contributed by atoms with Crippen LogP contribution in [0.3, 0.4) is 0 Å². The van der Waals surface area contributed by atoms with Gasteiger partial charge in [-0.3, -0.25) is 10.00 Å². The van der Waals surface area contributed by atoms with E-state index in [1.807, 2.05) is 24.7 Å². The Morgan fingerprint density at radius 2 is 1.92 bits per heavy atom. The van der Waals surface area contributed by atoms with Gasteiger partial charge < -0.3 is 4.90 Å². The number of fused-ring (bicyclic) bond motifs is 1. The number of rotatable bonds is 5. The summed E-state index contributed by atoms with van der Waals surface area (Å²) in [6.45, 7) is 6.27. The van der Waals surface area contributed by atoms with E-state index in [-0.39, 0.29) is 0 Å². The van der Waals surface area contributed by atoms with Crippen molar-refractivity contribution in [1.29, 1.82) is 0 Å². The van der Waals surface area contributed by atoms with Gasteiger partial charge in [-0.2, -0.15) is 5.10 Å². The number of anilines is 1. The second-order valence-corrected chi connectivity index (χ2v) is 6.59. The van der Waals surface area contributed by atoms with Crippen molar-refractivity contribution < 1.29 is 0 Å². The van der Waals surface area contributed by atoms with E-state index in [1.54, 1.807) is 0 Å².